The number of methoxy groups -OCH3 is 3. The second kappa shape index (κ2) is 7.88. The summed E-state index contributed by atoms with van der Waals surface area (Å²) in [6.07, 6.45) is 0. The molecule has 2 aromatic carbocycles. The van der Waals surface area contributed by atoms with E-state index < -0.39 is 0 Å². The molecular weight excluding hydrogens is 290 g/mol. The van der Waals surface area contributed by atoms with Gasteiger partial charge in [0.15, 0.2) is 11.5 Å². The molecule has 0 aliphatic rings. The molecule has 0 spiro atoms. The van der Waals surface area contributed by atoms with Gasteiger partial charge in [-0.3, -0.25) is 0 Å². The van der Waals surface area contributed by atoms with Crippen molar-refractivity contribution in [3.8, 4) is 17.2 Å². The standard InChI is InChI=1S/C19H25NO3/c1-13-6-7-15(10-14(13)2)11-20-12-16-8-9-17(21-3)19(23-5)18(16)22-4/h6-10,20H,11-12H2,1-5H3. The summed E-state index contributed by atoms with van der Waals surface area (Å²) in [6.45, 7) is 5.76. The molecule has 0 heterocycles. The molecule has 2 rings (SSSR count). The van der Waals surface area contributed by atoms with Gasteiger partial charge in [-0.15, -0.1) is 0 Å². The van der Waals surface area contributed by atoms with Crippen LogP contribution in [-0.4, -0.2) is 21.3 Å². The molecule has 0 amide bonds. The van der Waals surface area contributed by atoms with Crippen molar-refractivity contribution < 1.29 is 14.2 Å². The molecular formula is C19H25NO3. The van der Waals surface area contributed by atoms with Gasteiger partial charge in [-0.1, -0.05) is 24.3 Å². The van der Waals surface area contributed by atoms with Crippen LogP contribution in [-0.2, 0) is 13.1 Å². The van der Waals surface area contributed by atoms with Gasteiger partial charge in [0, 0.05) is 18.7 Å². The molecule has 0 unspecified atom stereocenters. The Morgan fingerprint density at radius 3 is 2.13 bits per heavy atom. The minimum Gasteiger partial charge on any atom is -0.493 e. The van der Waals surface area contributed by atoms with Crippen LogP contribution in [0.4, 0.5) is 0 Å². The molecule has 4 nitrogen and oxygen atoms in total. The zero-order valence-electron chi connectivity index (χ0n) is 14.5. The number of nitrogens with one attached hydrogen (secondary N) is 1. The lowest BCUT2D eigenvalue weighted by molar-refractivity contribution is 0.321. The van der Waals surface area contributed by atoms with Crippen LogP contribution < -0.4 is 19.5 Å². The van der Waals surface area contributed by atoms with E-state index in [2.05, 4.69) is 37.4 Å². The first-order chi connectivity index (χ1) is 11.1. The molecule has 0 fully saturated rings. The summed E-state index contributed by atoms with van der Waals surface area (Å²) < 4.78 is 16.2. The van der Waals surface area contributed by atoms with Gasteiger partial charge in [-0.05, 0) is 36.6 Å². The van der Waals surface area contributed by atoms with E-state index in [1.54, 1.807) is 21.3 Å². The van der Waals surface area contributed by atoms with Crippen molar-refractivity contribution in [2.75, 3.05) is 21.3 Å². The Bertz CT molecular complexity index is 668. The minimum absolute atomic E-state index is 0.625. The lowest BCUT2D eigenvalue weighted by Gasteiger charge is -2.16. The van der Waals surface area contributed by atoms with Crippen LogP contribution in [0.5, 0.6) is 17.2 Å². The van der Waals surface area contributed by atoms with E-state index in [4.69, 9.17) is 14.2 Å². The van der Waals surface area contributed by atoms with Crippen LogP contribution in [0.25, 0.3) is 0 Å². The molecule has 0 aliphatic carbocycles. The van der Waals surface area contributed by atoms with Crippen LogP contribution >= 0.6 is 0 Å². The van der Waals surface area contributed by atoms with Gasteiger partial charge in [-0.2, -0.15) is 0 Å². The first-order valence-electron chi connectivity index (χ1n) is 7.65. The van der Waals surface area contributed by atoms with Gasteiger partial charge in [0.1, 0.15) is 0 Å². The van der Waals surface area contributed by atoms with E-state index in [-0.39, 0.29) is 0 Å². The van der Waals surface area contributed by atoms with Crippen LogP contribution in [0.15, 0.2) is 30.3 Å². The van der Waals surface area contributed by atoms with Crippen molar-refractivity contribution in [2.24, 2.45) is 0 Å². The van der Waals surface area contributed by atoms with E-state index >= 15 is 0 Å². The second-order valence-electron chi connectivity index (χ2n) is 5.52. The third-order valence-corrected chi connectivity index (χ3v) is 4.00. The normalized spacial score (nSPS) is 10.5. The Morgan fingerprint density at radius 1 is 0.783 bits per heavy atom. The highest BCUT2D eigenvalue weighted by atomic mass is 16.5. The molecule has 0 radical (unpaired) electrons. The fourth-order valence-electron chi connectivity index (χ4n) is 2.56. The summed E-state index contributed by atoms with van der Waals surface area (Å²) >= 11 is 0. The van der Waals surface area contributed by atoms with Crippen LogP contribution in [0.1, 0.15) is 22.3 Å². The van der Waals surface area contributed by atoms with E-state index in [1.165, 1.54) is 16.7 Å². The molecule has 124 valence electrons. The average Bonchev–Trinajstić information content (AvgIpc) is 2.57. The van der Waals surface area contributed by atoms with Gasteiger partial charge < -0.3 is 19.5 Å². The first kappa shape index (κ1) is 17.2. The molecule has 23 heavy (non-hydrogen) atoms. The predicted octanol–water partition coefficient (Wildman–Crippen LogP) is 3.62. The molecule has 0 atom stereocenters. The van der Waals surface area contributed by atoms with E-state index in [0.29, 0.717) is 23.8 Å². The van der Waals surface area contributed by atoms with Gasteiger partial charge in [0.05, 0.1) is 21.3 Å². The summed E-state index contributed by atoms with van der Waals surface area (Å²) in [4.78, 5) is 0. The Kier molecular flexibility index (Phi) is 5.88. The SMILES string of the molecule is COc1ccc(CNCc2ccc(C)c(C)c2)c(OC)c1OC. The number of hydrogen-bond acceptors (Lipinski definition) is 4. The maximum Gasteiger partial charge on any atom is 0.203 e. The number of benzene rings is 2. The van der Waals surface area contributed by atoms with Crippen molar-refractivity contribution in [1.29, 1.82) is 0 Å². The van der Waals surface area contributed by atoms with E-state index in [9.17, 15) is 0 Å². The smallest absolute Gasteiger partial charge is 0.203 e. The van der Waals surface area contributed by atoms with Crippen molar-refractivity contribution in [3.63, 3.8) is 0 Å². The molecule has 0 aliphatic heterocycles. The number of ether oxygens (including phenoxy) is 3. The zero-order chi connectivity index (χ0) is 16.8. The summed E-state index contributed by atoms with van der Waals surface area (Å²) in [5.74, 6) is 2.00. The number of hydrogen-bond donors (Lipinski definition) is 1. The van der Waals surface area contributed by atoms with Crippen LogP contribution in [0.2, 0.25) is 0 Å². The Hall–Kier alpha value is -2.20. The fraction of sp³-hybridized carbons (Fsp3) is 0.368. The Balaban J connectivity index is 2.09. The largest absolute Gasteiger partial charge is 0.493 e. The highest BCUT2D eigenvalue weighted by molar-refractivity contribution is 5.55. The summed E-state index contributed by atoms with van der Waals surface area (Å²) in [6, 6.07) is 10.4. The third kappa shape index (κ3) is 3.96. The highest BCUT2D eigenvalue weighted by Gasteiger charge is 2.15. The molecule has 4 heteroatoms. The number of aryl methyl sites for hydroxylation is 2. The van der Waals surface area contributed by atoms with Crippen LogP contribution in [0, 0.1) is 13.8 Å². The lowest BCUT2D eigenvalue weighted by Crippen LogP contribution is -2.14. The van der Waals surface area contributed by atoms with Crippen molar-refractivity contribution in [3.05, 3.63) is 52.6 Å². The predicted molar refractivity (Wildman–Crippen MR) is 92.6 cm³/mol. The minimum atomic E-state index is 0.625. The van der Waals surface area contributed by atoms with Crippen LogP contribution in [0.3, 0.4) is 0 Å². The summed E-state index contributed by atoms with van der Waals surface area (Å²) in [5.41, 5.74) is 4.94. The van der Waals surface area contributed by atoms with Gasteiger partial charge in [0.2, 0.25) is 5.75 Å². The van der Waals surface area contributed by atoms with Crippen molar-refractivity contribution >= 4 is 0 Å². The topological polar surface area (TPSA) is 39.7 Å². The average molecular weight is 315 g/mol. The maximum absolute atomic E-state index is 5.50. The third-order valence-electron chi connectivity index (χ3n) is 4.00. The maximum atomic E-state index is 5.50. The quantitative estimate of drug-likeness (QED) is 0.847. The molecule has 0 aromatic heterocycles. The van der Waals surface area contributed by atoms with Crippen molar-refractivity contribution in [1.82, 2.24) is 5.32 Å². The summed E-state index contributed by atoms with van der Waals surface area (Å²) in [5, 5.41) is 3.45. The number of rotatable bonds is 7. The van der Waals surface area contributed by atoms with Gasteiger partial charge in [0.25, 0.3) is 0 Å². The fourth-order valence-corrected chi connectivity index (χ4v) is 2.56. The molecule has 0 saturated carbocycles. The highest BCUT2D eigenvalue weighted by Crippen LogP contribution is 2.39. The molecule has 0 bridgehead atoms. The van der Waals surface area contributed by atoms with Gasteiger partial charge >= 0.3 is 0 Å². The summed E-state index contributed by atoms with van der Waals surface area (Å²) in [7, 11) is 4.88. The zero-order valence-corrected chi connectivity index (χ0v) is 14.5. The first-order valence-corrected chi connectivity index (χ1v) is 7.65. The van der Waals surface area contributed by atoms with E-state index in [0.717, 1.165) is 12.1 Å². The molecule has 1 N–H and O–H groups in total. The van der Waals surface area contributed by atoms with Crippen molar-refractivity contribution in [2.45, 2.75) is 26.9 Å². The molecule has 2 aromatic rings. The Labute approximate surface area is 138 Å². The lowest BCUT2D eigenvalue weighted by atomic mass is 10.1. The monoisotopic (exact) mass is 315 g/mol. The second-order valence-corrected chi connectivity index (χ2v) is 5.52. The van der Waals surface area contributed by atoms with Gasteiger partial charge in [-0.25, -0.2) is 0 Å². The van der Waals surface area contributed by atoms with E-state index in [1.807, 2.05) is 12.1 Å². The molecule has 0 saturated heterocycles. The Morgan fingerprint density at radius 2 is 1.52 bits per heavy atom.